The lowest BCUT2D eigenvalue weighted by Gasteiger charge is -2.30. The van der Waals surface area contributed by atoms with Gasteiger partial charge in [-0.2, -0.15) is 0 Å². The predicted octanol–water partition coefficient (Wildman–Crippen LogP) is 4.08. The van der Waals surface area contributed by atoms with Gasteiger partial charge in [-0.1, -0.05) is 60.3 Å². The minimum Gasteiger partial charge on any atom is -0.341 e. The van der Waals surface area contributed by atoms with Crippen LogP contribution in [0.15, 0.2) is 77.2 Å². The van der Waals surface area contributed by atoms with Gasteiger partial charge in [0.25, 0.3) is 5.56 Å². The van der Waals surface area contributed by atoms with E-state index in [1.54, 1.807) is 16.7 Å². The molecule has 0 radical (unpaired) electrons. The van der Waals surface area contributed by atoms with E-state index in [1.807, 2.05) is 57.8 Å². The number of nitrogens with zero attached hydrogens (tertiary/aromatic N) is 5. The Morgan fingerprint density at radius 1 is 1.03 bits per heavy atom. The van der Waals surface area contributed by atoms with Crippen LogP contribution in [0, 0.1) is 0 Å². The van der Waals surface area contributed by atoms with Gasteiger partial charge in [0.1, 0.15) is 5.25 Å². The Morgan fingerprint density at radius 3 is 2.52 bits per heavy atom. The van der Waals surface area contributed by atoms with Gasteiger partial charge in [0.05, 0.1) is 10.9 Å². The molecule has 2 aromatic carbocycles. The quantitative estimate of drug-likeness (QED) is 0.321. The second kappa shape index (κ2) is 9.23. The van der Waals surface area contributed by atoms with E-state index in [4.69, 9.17) is 0 Å². The van der Waals surface area contributed by atoms with Crippen molar-refractivity contribution in [3.63, 3.8) is 0 Å². The van der Waals surface area contributed by atoms with Crippen LogP contribution in [-0.4, -0.2) is 43.1 Å². The maximum Gasteiger partial charge on any atom is 0.263 e. The third kappa shape index (κ3) is 3.95. The zero-order valence-electron chi connectivity index (χ0n) is 18.3. The van der Waals surface area contributed by atoms with Crippen LogP contribution in [0.5, 0.6) is 0 Å². The molecule has 1 amide bonds. The Labute approximate surface area is 195 Å². The monoisotopic (exact) mass is 459 g/mol. The van der Waals surface area contributed by atoms with Gasteiger partial charge in [0.15, 0.2) is 5.16 Å². The molecule has 1 fully saturated rings. The molecular formula is C25H25N5O2S. The lowest BCUT2D eigenvalue weighted by atomic mass is 10.1. The molecule has 0 spiro atoms. The van der Waals surface area contributed by atoms with Crippen LogP contribution in [-0.2, 0) is 11.3 Å². The third-order valence-corrected chi connectivity index (χ3v) is 7.19. The summed E-state index contributed by atoms with van der Waals surface area (Å²) in [4.78, 5) is 28.7. The molecule has 1 saturated heterocycles. The van der Waals surface area contributed by atoms with E-state index >= 15 is 0 Å². The summed E-state index contributed by atoms with van der Waals surface area (Å²) in [5, 5.41) is 9.49. The van der Waals surface area contributed by atoms with Crippen molar-refractivity contribution in [1.29, 1.82) is 0 Å². The largest absolute Gasteiger partial charge is 0.341 e. The highest BCUT2D eigenvalue weighted by atomic mass is 32.2. The summed E-state index contributed by atoms with van der Waals surface area (Å²) in [6.45, 7) is 5.67. The molecule has 0 bridgehead atoms. The fourth-order valence-corrected chi connectivity index (χ4v) is 5.51. The molecule has 3 heterocycles. The van der Waals surface area contributed by atoms with Crippen LogP contribution in [0.1, 0.15) is 30.1 Å². The Morgan fingerprint density at radius 2 is 1.76 bits per heavy atom. The standard InChI is InChI=1S/C25H25N5O2S/c1-2-15-29-22(31)19-13-7-8-14-20(19)30-24(29)26-27-25(30)33-21(18-11-5-3-6-12-18)23(32)28-16-9-4-10-17-28/h2-3,5-8,11-14,21H,1,4,9-10,15-17H2/t21-/m0/s1. The number of amides is 1. The van der Waals surface area contributed by atoms with Gasteiger partial charge in [0, 0.05) is 19.6 Å². The molecule has 0 N–H and O–H groups in total. The van der Waals surface area contributed by atoms with E-state index in [-0.39, 0.29) is 11.5 Å². The maximum atomic E-state index is 13.6. The Bertz CT molecular complexity index is 1370. The van der Waals surface area contributed by atoms with Gasteiger partial charge >= 0.3 is 0 Å². The summed E-state index contributed by atoms with van der Waals surface area (Å²) in [5.41, 5.74) is 1.52. The molecule has 0 aliphatic carbocycles. The van der Waals surface area contributed by atoms with Gasteiger partial charge in [-0.15, -0.1) is 16.8 Å². The van der Waals surface area contributed by atoms with E-state index < -0.39 is 5.25 Å². The number of likely N-dealkylation sites (tertiary alicyclic amines) is 1. The molecule has 4 aromatic rings. The summed E-state index contributed by atoms with van der Waals surface area (Å²) in [7, 11) is 0. The highest BCUT2D eigenvalue weighted by Gasteiger charge is 2.30. The van der Waals surface area contributed by atoms with Crippen molar-refractivity contribution in [2.45, 2.75) is 36.2 Å². The van der Waals surface area contributed by atoms with Gasteiger partial charge in [-0.3, -0.25) is 18.6 Å². The number of thioether (sulfide) groups is 1. The topological polar surface area (TPSA) is 72.5 Å². The smallest absolute Gasteiger partial charge is 0.263 e. The van der Waals surface area contributed by atoms with E-state index in [2.05, 4.69) is 16.8 Å². The number of benzene rings is 2. The normalized spacial score (nSPS) is 15.1. The zero-order valence-corrected chi connectivity index (χ0v) is 19.1. The van der Waals surface area contributed by atoms with Gasteiger partial charge in [-0.25, -0.2) is 0 Å². The van der Waals surface area contributed by atoms with E-state index in [9.17, 15) is 9.59 Å². The lowest BCUT2D eigenvalue weighted by molar-refractivity contribution is -0.131. The van der Waals surface area contributed by atoms with Crippen molar-refractivity contribution >= 4 is 34.3 Å². The number of hydrogen-bond donors (Lipinski definition) is 0. The molecule has 0 saturated carbocycles. The summed E-state index contributed by atoms with van der Waals surface area (Å²) in [6, 6.07) is 17.2. The molecule has 8 heteroatoms. The lowest BCUT2D eigenvalue weighted by Crippen LogP contribution is -2.38. The number of carbonyl (C=O) groups excluding carboxylic acids is 1. The van der Waals surface area contributed by atoms with E-state index in [1.165, 1.54) is 11.8 Å². The molecule has 2 aromatic heterocycles. The summed E-state index contributed by atoms with van der Waals surface area (Å²) in [5.74, 6) is 0.532. The molecule has 1 aliphatic rings. The van der Waals surface area contributed by atoms with Crippen molar-refractivity contribution < 1.29 is 4.79 Å². The number of allylic oxidation sites excluding steroid dienone is 1. The Balaban J connectivity index is 1.65. The van der Waals surface area contributed by atoms with Crippen molar-refractivity contribution in [2.75, 3.05) is 13.1 Å². The van der Waals surface area contributed by atoms with E-state index in [0.29, 0.717) is 22.9 Å². The molecule has 33 heavy (non-hydrogen) atoms. The third-order valence-electron chi connectivity index (χ3n) is 6.01. The first kappa shape index (κ1) is 21.5. The predicted molar refractivity (Wildman–Crippen MR) is 130 cm³/mol. The Hall–Kier alpha value is -3.39. The molecule has 5 rings (SSSR count). The minimum atomic E-state index is -0.449. The molecule has 1 atom stereocenters. The number of piperidine rings is 1. The SMILES string of the molecule is C=CCn1c(=O)c2ccccc2n2c(S[C@H](C(=O)N3CCCCC3)c3ccccc3)nnc12. The number of rotatable bonds is 6. The molecule has 0 unspecified atom stereocenters. The summed E-state index contributed by atoms with van der Waals surface area (Å²) in [6.07, 6.45) is 4.90. The second-order valence-electron chi connectivity index (χ2n) is 8.13. The van der Waals surface area contributed by atoms with Crippen molar-refractivity contribution in [3.8, 4) is 0 Å². The Kier molecular flexibility index (Phi) is 6.00. The number of carbonyl (C=O) groups is 1. The first-order chi connectivity index (χ1) is 16.2. The van der Waals surface area contributed by atoms with Crippen LogP contribution in [0.4, 0.5) is 0 Å². The first-order valence-corrected chi connectivity index (χ1v) is 12.0. The van der Waals surface area contributed by atoms with Crippen LogP contribution in [0.25, 0.3) is 16.7 Å². The van der Waals surface area contributed by atoms with Crippen LogP contribution < -0.4 is 5.56 Å². The summed E-state index contributed by atoms with van der Waals surface area (Å²) < 4.78 is 3.45. The highest BCUT2D eigenvalue weighted by molar-refractivity contribution is 8.00. The fourth-order valence-electron chi connectivity index (χ4n) is 4.38. The van der Waals surface area contributed by atoms with Crippen LogP contribution in [0.3, 0.4) is 0 Å². The maximum absolute atomic E-state index is 13.6. The second-order valence-corrected chi connectivity index (χ2v) is 9.21. The number of fused-ring (bicyclic) bond motifs is 3. The highest BCUT2D eigenvalue weighted by Crippen LogP contribution is 2.37. The van der Waals surface area contributed by atoms with Crippen molar-refractivity contribution in [3.05, 3.63) is 83.2 Å². The number of para-hydroxylation sites is 1. The average molecular weight is 460 g/mol. The first-order valence-electron chi connectivity index (χ1n) is 11.2. The van der Waals surface area contributed by atoms with Crippen LogP contribution >= 0.6 is 11.8 Å². The van der Waals surface area contributed by atoms with Gasteiger partial charge in [-0.05, 0) is 37.0 Å². The molecule has 7 nitrogen and oxygen atoms in total. The summed E-state index contributed by atoms with van der Waals surface area (Å²) >= 11 is 1.38. The fraction of sp³-hybridized carbons (Fsp3) is 0.280. The van der Waals surface area contributed by atoms with Gasteiger partial charge < -0.3 is 4.90 Å². The van der Waals surface area contributed by atoms with Crippen LogP contribution in [0.2, 0.25) is 0 Å². The molecule has 168 valence electrons. The van der Waals surface area contributed by atoms with Crippen molar-refractivity contribution in [1.82, 2.24) is 24.1 Å². The van der Waals surface area contributed by atoms with Gasteiger partial charge in [0.2, 0.25) is 11.7 Å². The number of hydrogen-bond acceptors (Lipinski definition) is 5. The molecule has 1 aliphatic heterocycles. The number of aromatic nitrogens is 4. The molecular weight excluding hydrogens is 434 g/mol. The minimum absolute atomic E-state index is 0.0892. The van der Waals surface area contributed by atoms with Crippen molar-refractivity contribution in [2.24, 2.45) is 0 Å². The van der Waals surface area contributed by atoms with E-state index in [0.717, 1.165) is 43.4 Å². The average Bonchev–Trinajstić information content (AvgIpc) is 3.29. The zero-order chi connectivity index (χ0) is 22.8.